The second-order valence-electron chi connectivity index (χ2n) is 5.33. The van der Waals surface area contributed by atoms with Gasteiger partial charge in [-0.2, -0.15) is 0 Å². The van der Waals surface area contributed by atoms with Gasteiger partial charge in [-0.25, -0.2) is 4.98 Å². The van der Waals surface area contributed by atoms with Crippen LogP contribution in [-0.4, -0.2) is 41.6 Å². The number of rotatable bonds is 4. The molecule has 1 saturated carbocycles. The Bertz CT molecular complexity index is 435. The van der Waals surface area contributed by atoms with Gasteiger partial charge < -0.3 is 9.64 Å². The summed E-state index contributed by atoms with van der Waals surface area (Å²) >= 11 is 1.70. The molecule has 0 bridgehead atoms. The summed E-state index contributed by atoms with van der Waals surface area (Å²) in [5, 5.41) is 3.19. The molecular formula is C14H20N2O2S. The second-order valence-corrected chi connectivity index (χ2v) is 6.26. The van der Waals surface area contributed by atoms with Gasteiger partial charge in [0.05, 0.1) is 17.0 Å². The van der Waals surface area contributed by atoms with Gasteiger partial charge in [0.2, 0.25) is 5.91 Å². The van der Waals surface area contributed by atoms with Crippen molar-refractivity contribution in [3.05, 3.63) is 16.6 Å². The van der Waals surface area contributed by atoms with Gasteiger partial charge in [0, 0.05) is 37.2 Å². The van der Waals surface area contributed by atoms with Crippen LogP contribution in [0.2, 0.25) is 0 Å². The third kappa shape index (κ3) is 2.82. The molecule has 0 N–H and O–H groups in total. The molecule has 19 heavy (non-hydrogen) atoms. The highest BCUT2D eigenvalue weighted by Crippen LogP contribution is 2.37. The molecule has 104 valence electrons. The molecule has 1 aliphatic carbocycles. The first-order chi connectivity index (χ1) is 9.29. The maximum atomic E-state index is 12.4. The Morgan fingerprint density at radius 2 is 2.53 bits per heavy atom. The summed E-state index contributed by atoms with van der Waals surface area (Å²) in [5.74, 6) is 0.844. The van der Waals surface area contributed by atoms with Crippen LogP contribution in [0, 0.1) is 5.92 Å². The number of hydrogen-bond donors (Lipinski definition) is 0. The van der Waals surface area contributed by atoms with Crippen molar-refractivity contribution in [2.24, 2.45) is 5.92 Å². The predicted molar refractivity (Wildman–Crippen MR) is 74.2 cm³/mol. The molecular weight excluding hydrogens is 260 g/mol. The normalized spacial score (nSPS) is 30.4. The number of carbonyl (C=O) groups is 1. The van der Waals surface area contributed by atoms with E-state index in [1.165, 1.54) is 5.01 Å². The van der Waals surface area contributed by atoms with Gasteiger partial charge in [-0.05, 0) is 26.2 Å². The van der Waals surface area contributed by atoms with Crippen molar-refractivity contribution in [2.75, 3.05) is 19.7 Å². The number of piperidine rings is 1. The zero-order valence-electron chi connectivity index (χ0n) is 11.2. The standard InChI is InChI=1S/C14H20N2O2S/c1-2-18-12-8-11(12)14(17)16-6-3-4-10(9-16)13-15-5-7-19-13/h5,7,10-12H,2-4,6,8-9H2,1H3/t10-,11-,12+/m0/s1. The molecule has 3 atom stereocenters. The van der Waals surface area contributed by atoms with E-state index in [2.05, 4.69) is 4.98 Å². The minimum atomic E-state index is 0.120. The number of amides is 1. The number of hydrogen-bond acceptors (Lipinski definition) is 4. The van der Waals surface area contributed by atoms with Crippen molar-refractivity contribution in [3.8, 4) is 0 Å². The first kappa shape index (κ1) is 13.1. The summed E-state index contributed by atoms with van der Waals surface area (Å²) in [7, 11) is 0. The van der Waals surface area contributed by atoms with Crippen LogP contribution < -0.4 is 0 Å². The van der Waals surface area contributed by atoms with E-state index >= 15 is 0 Å². The molecule has 2 aliphatic rings. The number of ether oxygens (including phenoxy) is 1. The molecule has 1 amide bonds. The maximum absolute atomic E-state index is 12.4. The van der Waals surface area contributed by atoms with E-state index in [-0.39, 0.29) is 12.0 Å². The highest BCUT2D eigenvalue weighted by atomic mass is 32.1. The smallest absolute Gasteiger partial charge is 0.228 e. The van der Waals surface area contributed by atoms with Crippen molar-refractivity contribution < 1.29 is 9.53 Å². The van der Waals surface area contributed by atoms with Gasteiger partial charge in [-0.3, -0.25) is 4.79 Å². The van der Waals surface area contributed by atoms with Crippen molar-refractivity contribution in [2.45, 2.75) is 38.2 Å². The summed E-state index contributed by atoms with van der Waals surface area (Å²) in [6.45, 7) is 4.42. The van der Waals surface area contributed by atoms with Crippen LogP contribution in [0.25, 0.3) is 0 Å². The van der Waals surface area contributed by atoms with Crippen LogP contribution in [-0.2, 0) is 9.53 Å². The van der Waals surface area contributed by atoms with E-state index in [0.717, 1.165) is 32.4 Å². The van der Waals surface area contributed by atoms with E-state index in [0.29, 0.717) is 18.4 Å². The molecule has 0 unspecified atom stereocenters. The summed E-state index contributed by atoms with van der Waals surface area (Å²) in [6, 6.07) is 0. The molecule has 1 saturated heterocycles. The van der Waals surface area contributed by atoms with Gasteiger partial charge in [0.15, 0.2) is 0 Å². The second kappa shape index (κ2) is 5.59. The Balaban J connectivity index is 1.58. The van der Waals surface area contributed by atoms with Crippen molar-refractivity contribution in [1.29, 1.82) is 0 Å². The van der Waals surface area contributed by atoms with Crippen LogP contribution in [0.15, 0.2) is 11.6 Å². The Morgan fingerprint density at radius 3 is 3.26 bits per heavy atom. The Morgan fingerprint density at radius 1 is 1.63 bits per heavy atom. The average Bonchev–Trinajstić information content (AvgIpc) is 3.00. The SMILES string of the molecule is CCO[C@@H]1C[C@@H]1C(=O)N1CCC[C@H](c2nccs2)C1. The highest BCUT2D eigenvalue weighted by molar-refractivity contribution is 7.09. The highest BCUT2D eigenvalue weighted by Gasteiger charge is 2.46. The van der Waals surface area contributed by atoms with Gasteiger partial charge in [0.1, 0.15) is 0 Å². The molecule has 5 heteroatoms. The number of carbonyl (C=O) groups excluding carboxylic acids is 1. The van der Waals surface area contributed by atoms with Crippen molar-refractivity contribution >= 4 is 17.2 Å². The van der Waals surface area contributed by atoms with Crippen LogP contribution in [0.1, 0.15) is 37.1 Å². The summed E-state index contributed by atoms with van der Waals surface area (Å²) in [6.07, 6.45) is 5.18. The molecule has 0 spiro atoms. The fourth-order valence-electron chi connectivity index (χ4n) is 2.88. The minimum Gasteiger partial charge on any atom is -0.378 e. The van der Waals surface area contributed by atoms with Gasteiger partial charge in [-0.15, -0.1) is 11.3 Å². The average molecular weight is 280 g/mol. The molecule has 1 aromatic rings. The zero-order chi connectivity index (χ0) is 13.2. The Labute approximate surface area is 117 Å². The lowest BCUT2D eigenvalue weighted by atomic mass is 9.98. The molecule has 2 fully saturated rings. The third-order valence-electron chi connectivity index (χ3n) is 3.96. The van der Waals surface area contributed by atoms with Crippen molar-refractivity contribution in [1.82, 2.24) is 9.88 Å². The Kier molecular flexibility index (Phi) is 3.84. The van der Waals surface area contributed by atoms with E-state index in [4.69, 9.17) is 4.74 Å². The lowest BCUT2D eigenvalue weighted by Gasteiger charge is -2.32. The number of nitrogens with zero attached hydrogens (tertiary/aromatic N) is 2. The largest absolute Gasteiger partial charge is 0.378 e. The fourth-order valence-corrected chi connectivity index (χ4v) is 3.65. The first-order valence-corrected chi connectivity index (χ1v) is 7.97. The van der Waals surface area contributed by atoms with Gasteiger partial charge >= 0.3 is 0 Å². The van der Waals surface area contributed by atoms with E-state index < -0.39 is 0 Å². The topological polar surface area (TPSA) is 42.4 Å². The van der Waals surface area contributed by atoms with Gasteiger partial charge in [0.25, 0.3) is 0 Å². The monoisotopic (exact) mass is 280 g/mol. The number of aromatic nitrogens is 1. The molecule has 1 aromatic heterocycles. The molecule has 3 rings (SSSR count). The third-order valence-corrected chi connectivity index (χ3v) is 4.90. The molecule has 1 aliphatic heterocycles. The first-order valence-electron chi connectivity index (χ1n) is 7.09. The van der Waals surface area contributed by atoms with Crippen LogP contribution in [0.3, 0.4) is 0 Å². The molecule has 0 aromatic carbocycles. The van der Waals surface area contributed by atoms with E-state index in [9.17, 15) is 4.79 Å². The molecule has 4 nitrogen and oxygen atoms in total. The maximum Gasteiger partial charge on any atom is 0.228 e. The number of thiazole rings is 1. The minimum absolute atomic E-state index is 0.120. The summed E-state index contributed by atoms with van der Waals surface area (Å²) in [5.41, 5.74) is 0. The summed E-state index contributed by atoms with van der Waals surface area (Å²) < 4.78 is 5.52. The molecule has 2 heterocycles. The zero-order valence-corrected chi connectivity index (χ0v) is 12.1. The Hall–Kier alpha value is -0.940. The van der Waals surface area contributed by atoms with E-state index in [1.54, 1.807) is 11.3 Å². The van der Waals surface area contributed by atoms with Crippen LogP contribution in [0.4, 0.5) is 0 Å². The fraction of sp³-hybridized carbons (Fsp3) is 0.714. The molecule has 0 radical (unpaired) electrons. The van der Waals surface area contributed by atoms with Gasteiger partial charge in [-0.1, -0.05) is 0 Å². The quantitative estimate of drug-likeness (QED) is 0.849. The number of likely N-dealkylation sites (tertiary alicyclic amines) is 1. The van der Waals surface area contributed by atoms with Crippen LogP contribution in [0.5, 0.6) is 0 Å². The lowest BCUT2D eigenvalue weighted by molar-refractivity contribution is -0.134. The van der Waals surface area contributed by atoms with Crippen LogP contribution >= 0.6 is 11.3 Å². The summed E-state index contributed by atoms with van der Waals surface area (Å²) in [4.78, 5) is 18.8. The predicted octanol–water partition coefficient (Wildman–Crippen LogP) is 2.27. The lowest BCUT2D eigenvalue weighted by Crippen LogP contribution is -2.40. The van der Waals surface area contributed by atoms with Crippen molar-refractivity contribution in [3.63, 3.8) is 0 Å². The van der Waals surface area contributed by atoms with E-state index in [1.807, 2.05) is 23.4 Å².